The molecule has 7 N–H and O–H groups in total. The van der Waals surface area contributed by atoms with E-state index >= 15 is 0 Å². The standard InChI is InChI=1S/C7H15N7/c8-3-1-2-4-11-7-13-5(9)12-6(10)14-7/h1-4,8H2,(H5,9,10,11,12,13,14). The fourth-order valence-electron chi connectivity index (χ4n) is 0.958. The Morgan fingerprint density at radius 2 is 1.64 bits per heavy atom. The molecular weight excluding hydrogens is 182 g/mol. The number of rotatable bonds is 5. The highest BCUT2D eigenvalue weighted by Gasteiger charge is 1.99. The molecule has 7 nitrogen and oxygen atoms in total. The van der Waals surface area contributed by atoms with Gasteiger partial charge in [-0.3, -0.25) is 0 Å². The molecule has 0 unspecified atom stereocenters. The zero-order valence-electron chi connectivity index (χ0n) is 7.90. The molecule has 0 saturated carbocycles. The van der Waals surface area contributed by atoms with E-state index in [0.717, 1.165) is 19.4 Å². The van der Waals surface area contributed by atoms with Crippen LogP contribution in [0, 0.1) is 0 Å². The van der Waals surface area contributed by atoms with E-state index in [2.05, 4.69) is 20.3 Å². The lowest BCUT2D eigenvalue weighted by Gasteiger charge is -2.04. The number of nitrogen functional groups attached to an aromatic ring is 2. The molecule has 0 saturated heterocycles. The van der Waals surface area contributed by atoms with Crippen molar-refractivity contribution in [1.82, 2.24) is 15.0 Å². The first-order valence-electron chi connectivity index (χ1n) is 4.43. The number of unbranched alkanes of at least 4 members (excludes halogenated alkanes) is 1. The van der Waals surface area contributed by atoms with Crippen LogP contribution in [0.3, 0.4) is 0 Å². The summed E-state index contributed by atoms with van der Waals surface area (Å²) in [6, 6.07) is 0. The molecule has 1 rings (SSSR count). The topological polar surface area (TPSA) is 129 Å². The fraction of sp³-hybridized carbons (Fsp3) is 0.571. The van der Waals surface area contributed by atoms with Crippen LogP contribution in [0.2, 0.25) is 0 Å². The first kappa shape index (κ1) is 10.5. The molecule has 0 aromatic carbocycles. The Kier molecular flexibility index (Phi) is 3.86. The SMILES string of the molecule is NCCCCNc1nc(N)nc(N)n1. The van der Waals surface area contributed by atoms with Crippen LogP contribution in [-0.4, -0.2) is 28.0 Å². The summed E-state index contributed by atoms with van der Waals surface area (Å²) < 4.78 is 0. The molecule has 0 atom stereocenters. The third-order valence-electron chi connectivity index (χ3n) is 1.58. The number of aromatic nitrogens is 3. The van der Waals surface area contributed by atoms with Crippen molar-refractivity contribution in [3.05, 3.63) is 0 Å². The smallest absolute Gasteiger partial charge is 0.229 e. The maximum atomic E-state index is 5.39. The lowest BCUT2D eigenvalue weighted by atomic mass is 10.3. The second-order valence-electron chi connectivity index (χ2n) is 2.80. The summed E-state index contributed by atoms with van der Waals surface area (Å²) in [4.78, 5) is 11.4. The Bertz CT molecular complexity index is 267. The van der Waals surface area contributed by atoms with Gasteiger partial charge in [-0.05, 0) is 19.4 Å². The van der Waals surface area contributed by atoms with Gasteiger partial charge in [-0.2, -0.15) is 15.0 Å². The van der Waals surface area contributed by atoms with Crippen LogP contribution < -0.4 is 22.5 Å². The predicted octanol–water partition coefficient (Wildman–Crippen LogP) is -0.813. The van der Waals surface area contributed by atoms with Crippen molar-refractivity contribution < 1.29 is 0 Å². The molecule has 0 aliphatic rings. The summed E-state index contributed by atoms with van der Waals surface area (Å²) in [6.07, 6.45) is 1.92. The van der Waals surface area contributed by atoms with Crippen LogP contribution in [0.15, 0.2) is 0 Å². The Hall–Kier alpha value is -1.63. The van der Waals surface area contributed by atoms with Crippen LogP contribution >= 0.6 is 0 Å². The van der Waals surface area contributed by atoms with Crippen molar-refractivity contribution in [2.45, 2.75) is 12.8 Å². The lowest BCUT2D eigenvalue weighted by Crippen LogP contribution is -2.11. The van der Waals surface area contributed by atoms with Crippen molar-refractivity contribution in [3.63, 3.8) is 0 Å². The first-order valence-corrected chi connectivity index (χ1v) is 4.43. The summed E-state index contributed by atoms with van der Waals surface area (Å²) >= 11 is 0. The van der Waals surface area contributed by atoms with Gasteiger partial charge in [-0.15, -0.1) is 0 Å². The minimum atomic E-state index is 0.124. The molecular formula is C7H15N7. The molecule has 0 amide bonds. The second-order valence-corrected chi connectivity index (χ2v) is 2.80. The number of nitrogens with two attached hydrogens (primary N) is 3. The maximum absolute atomic E-state index is 5.39. The molecule has 14 heavy (non-hydrogen) atoms. The molecule has 1 heterocycles. The van der Waals surface area contributed by atoms with E-state index in [-0.39, 0.29) is 11.9 Å². The predicted molar refractivity (Wildman–Crippen MR) is 55.4 cm³/mol. The molecule has 0 aliphatic carbocycles. The number of hydrogen-bond donors (Lipinski definition) is 4. The molecule has 1 aromatic rings. The summed E-state index contributed by atoms with van der Waals surface area (Å²) in [5.41, 5.74) is 16.1. The molecule has 7 heteroatoms. The van der Waals surface area contributed by atoms with Gasteiger partial charge in [0, 0.05) is 6.54 Å². The summed E-state index contributed by atoms with van der Waals surface area (Å²) in [5, 5.41) is 2.98. The zero-order chi connectivity index (χ0) is 10.4. The van der Waals surface area contributed by atoms with Gasteiger partial charge in [0.25, 0.3) is 0 Å². The van der Waals surface area contributed by atoms with E-state index in [1.165, 1.54) is 0 Å². The van der Waals surface area contributed by atoms with Crippen LogP contribution in [0.1, 0.15) is 12.8 Å². The Morgan fingerprint density at radius 1 is 1.00 bits per heavy atom. The minimum Gasteiger partial charge on any atom is -0.368 e. The Labute approximate surface area is 82.1 Å². The van der Waals surface area contributed by atoms with Gasteiger partial charge in [0.2, 0.25) is 17.8 Å². The molecule has 0 aliphatic heterocycles. The third kappa shape index (κ3) is 3.40. The molecule has 0 fully saturated rings. The van der Waals surface area contributed by atoms with Crippen LogP contribution in [0.25, 0.3) is 0 Å². The van der Waals surface area contributed by atoms with E-state index in [1.807, 2.05) is 0 Å². The second kappa shape index (κ2) is 5.18. The van der Waals surface area contributed by atoms with Gasteiger partial charge in [-0.25, -0.2) is 0 Å². The van der Waals surface area contributed by atoms with Gasteiger partial charge in [-0.1, -0.05) is 0 Å². The van der Waals surface area contributed by atoms with Crippen molar-refractivity contribution >= 4 is 17.8 Å². The zero-order valence-corrected chi connectivity index (χ0v) is 7.90. The van der Waals surface area contributed by atoms with Crippen molar-refractivity contribution in [3.8, 4) is 0 Å². The molecule has 0 radical (unpaired) electrons. The largest absolute Gasteiger partial charge is 0.368 e. The van der Waals surface area contributed by atoms with Crippen molar-refractivity contribution in [2.24, 2.45) is 5.73 Å². The van der Waals surface area contributed by atoms with Crippen LogP contribution in [0.4, 0.5) is 17.8 Å². The molecule has 78 valence electrons. The quantitative estimate of drug-likeness (QED) is 0.454. The number of nitrogens with one attached hydrogen (secondary N) is 1. The number of nitrogens with zero attached hydrogens (tertiary/aromatic N) is 3. The summed E-state index contributed by atoms with van der Waals surface area (Å²) in [7, 11) is 0. The average Bonchev–Trinajstić information content (AvgIpc) is 2.11. The van der Waals surface area contributed by atoms with Gasteiger partial charge in [0.1, 0.15) is 0 Å². The van der Waals surface area contributed by atoms with Crippen molar-refractivity contribution in [1.29, 1.82) is 0 Å². The highest BCUT2D eigenvalue weighted by Crippen LogP contribution is 2.03. The number of anilines is 3. The maximum Gasteiger partial charge on any atom is 0.229 e. The van der Waals surface area contributed by atoms with Gasteiger partial charge < -0.3 is 22.5 Å². The van der Waals surface area contributed by atoms with E-state index in [0.29, 0.717) is 12.5 Å². The van der Waals surface area contributed by atoms with E-state index in [9.17, 15) is 0 Å². The summed E-state index contributed by atoms with van der Waals surface area (Å²) in [5.74, 6) is 0.657. The Balaban J connectivity index is 2.42. The summed E-state index contributed by atoms with van der Waals surface area (Å²) in [6.45, 7) is 1.43. The molecule has 0 spiro atoms. The minimum absolute atomic E-state index is 0.124. The van der Waals surface area contributed by atoms with Gasteiger partial charge >= 0.3 is 0 Å². The van der Waals surface area contributed by atoms with Crippen LogP contribution in [0.5, 0.6) is 0 Å². The van der Waals surface area contributed by atoms with E-state index in [1.54, 1.807) is 0 Å². The molecule has 1 aromatic heterocycles. The average molecular weight is 197 g/mol. The van der Waals surface area contributed by atoms with Gasteiger partial charge in [0.15, 0.2) is 0 Å². The van der Waals surface area contributed by atoms with E-state index < -0.39 is 0 Å². The highest BCUT2D eigenvalue weighted by molar-refractivity contribution is 5.36. The monoisotopic (exact) mass is 197 g/mol. The van der Waals surface area contributed by atoms with Crippen molar-refractivity contribution in [2.75, 3.05) is 29.9 Å². The fourth-order valence-corrected chi connectivity index (χ4v) is 0.958. The van der Waals surface area contributed by atoms with E-state index in [4.69, 9.17) is 17.2 Å². The molecule has 0 bridgehead atoms. The first-order chi connectivity index (χ1) is 6.72. The lowest BCUT2D eigenvalue weighted by molar-refractivity contribution is 0.769. The van der Waals surface area contributed by atoms with Crippen LogP contribution in [-0.2, 0) is 0 Å². The third-order valence-corrected chi connectivity index (χ3v) is 1.58. The Morgan fingerprint density at radius 3 is 2.21 bits per heavy atom. The highest BCUT2D eigenvalue weighted by atomic mass is 15.2. The number of hydrogen-bond acceptors (Lipinski definition) is 7. The normalized spacial score (nSPS) is 10.1. The van der Waals surface area contributed by atoms with Gasteiger partial charge in [0.05, 0.1) is 0 Å².